The summed E-state index contributed by atoms with van der Waals surface area (Å²) in [5.41, 5.74) is 1.99. The van der Waals surface area contributed by atoms with Crippen molar-refractivity contribution in [3.05, 3.63) is 35.4 Å². The lowest BCUT2D eigenvalue weighted by atomic mass is 10.2. The first-order valence-electron chi connectivity index (χ1n) is 4.87. The molecule has 1 aromatic rings. The van der Waals surface area contributed by atoms with Crippen LogP contribution in [-0.2, 0) is 9.53 Å². The quantitative estimate of drug-likeness (QED) is 0.516. The topological polar surface area (TPSA) is 26.3 Å². The van der Waals surface area contributed by atoms with E-state index in [1.807, 2.05) is 31.2 Å². The van der Waals surface area contributed by atoms with E-state index in [2.05, 4.69) is 11.8 Å². The Balaban J connectivity index is 2.65. The maximum absolute atomic E-state index is 11.1. The van der Waals surface area contributed by atoms with Gasteiger partial charge in [0.05, 0.1) is 6.10 Å². The Morgan fingerprint density at radius 1 is 1.27 bits per heavy atom. The first-order chi connectivity index (χ1) is 7.08. The van der Waals surface area contributed by atoms with Gasteiger partial charge in [0.2, 0.25) is 0 Å². The van der Waals surface area contributed by atoms with E-state index in [0.29, 0.717) is 0 Å². The minimum Gasteiger partial charge on any atom is -0.453 e. The first kappa shape index (κ1) is 11.3. The lowest BCUT2D eigenvalue weighted by Crippen LogP contribution is -2.08. The normalized spacial score (nSPS) is 9.33. The smallest absolute Gasteiger partial charge is 0.384 e. The Bertz CT molecular complexity index is 391. The van der Waals surface area contributed by atoms with E-state index in [1.54, 1.807) is 13.8 Å². The van der Waals surface area contributed by atoms with Crippen LogP contribution in [0.4, 0.5) is 0 Å². The van der Waals surface area contributed by atoms with E-state index in [9.17, 15) is 4.79 Å². The summed E-state index contributed by atoms with van der Waals surface area (Å²) in [6, 6.07) is 7.67. The van der Waals surface area contributed by atoms with E-state index in [0.717, 1.165) is 5.56 Å². The van der Waals surface area contributed by atoms with Crippen LogP contribution in [-0.4, -0.2) is 12.1 Å². The van der Waals surface area contributed by atoms with Gasteiger partial charge >= 0.3 is 5.97 Å². The van der Waals surface area contributed by atoms with Crippen LogP contribution in [0.5, 0.6) is 0 Å². The van der Waals surface area contributed by atoms with Crippen LogP contribution in [0.3, 0.4) is 0 Å². The van der Waals surface area contributed by atoms with Crippen LogP contribution < -0.4 is 0 Å². The number of benzene rings is 1. The zero-order chi connectivity index (χ0) is 11.3. The van der Waals surface area contributed by atoms with Gasteiger partial charge in [0.25, 0.3) is 0 Å². The van der Waals surface area contributed by atoms with Crippen molar-refractivity contribution in [3.63, 3.8) is 0 Å². The Morgan fingerprint density at radius 2 is 1.87 bits per heavy atom. The molecule has 0 unspecified atom stereocenters. The molecular formula is C13H14O2. The highest BCUT2D eigenvalue weighted by molar-refractivity contribution is 5.89. The highest BCUT2D eigenvalue weighted by Gasteiger charge is 1.99. The van der Waals surface area contributed by atoms with Gasteiger partial charge in [0.1, 0.15) is 0 Å². The fourth-order valence-electron chi connectivity index (χ4n) is 1.00. The Labute approximate surface area is 90.3 Å². The van der Waals surface area contributed by atoms with E-state index in [-0.39, 0.29) is 6.10 Å². The standard InChI is InChI=1S/C13H14O2/c1-10(2)15-13(14)9-8-12-6-4-11(3)5-7-12/h4-7,10H,1-3H3. The zero-order valence-corrected chi connectivity index (χ0v) is 9.20. The van der Waals surface area contributed by atoms with Crippen LogP contribution in [0.2, 0.25) is 0 Å². The maximum Gasteiger partial charge on any atom is 0.384 e. The van der Waals surface area contributed by atoms with Gasteiger partial charge in [-0.3, -0.25) is 0 Å². The summed E-state index contributed by atoms with van der Waals surface area (Å²) in [6.07, 6.45) is -0.121. The van der Waals surface area contributed by atoms with Crippen molar-refractivity contribution in [3.8, 4) is 11.8 Å². The van der Waals surface area contributed by atoms with E-state index in [1.165, 1.54) is 5.56 Å². The highest BCUT2D eigenvalue weighted by Crippen LogP contribution is 2.00. The molecule has 0 aliphatic rings. The molecule has 0 aliphatic heterocycles. The summed E-state index contributed by atoms with van der Waals surface area (Å²) in [5, 5.41) is 0. The molecule has 78 valence electrons. The van der Waals surface area contributed by atoms with Crippen LogP contribution in [0, 0.1) is 18.8 Å². The Hall–Kier alpha value is -1.75. The van der Waals surface area contributed by atoms with Crippen LogP contribution in [0.1, 0.15) is 25.0 Å². The van der Waals surface area contributed by atoms with Crippen molar-refractivity contribution in [1.82, 2.24) is 0 Å². The minimum absolute atomic E-state index is 0.121. The monoisotopic (exact) mass is 202 g/mol. The molecule has 0 saturated carbocycles. The average Bonchev–Trinajstić information content (AvgIpc) is 2.16. The van der Waals surface area contributed by atoms with Crippen molar-refractivity contribution < 1.29 is 9.53 Å². The average molecular weight is 202 g/mol. The summed E-state index contributed by atoms with van der Waals surface area (Å²) in [4.78, 5) is 11.1. The van der Waals surface area contributed by atoms with Crippen molar-refractivity contribution in [2.24, 2.45) is 0 Å². The Morgan fingerprint density at radius 3 is 2.40 bits per heavy atom. The third-order valence-corrected chi connectivity index (χ3v) is 1.70. The molecule has 0 N–H and O–H groups in total. The molecule has 0 radical (unpaired) electrons. The van der Waals surface area contributed by atoms with Gasteiger partial charge < -0.3 is 4.74 Å². The van der Waals surface area contributed by atoms with Gasteiger partial charge in [0, 0.05) is 11.5 Å². The molecule has 0 spiro atoms. The second-order valence-electron chi connectivity index (χ2n) is 3.57. The van der Waals surface area contributed by atoms with Crippen molar-refractivity contribution in [2.75, 3.05) is 0 Å². The molecule has 15 heavy (non-hydrogen) atoms. The third-order valence-electron chi connectivity index (χ3n) is 1.70. The molecular weight excluding hydrogens is 188 g/mol. The molecule has 2 nitrogen and oxygen atoms in total. The SMILES string of the molecule is Cc1ccc(C#CC(=O)OC(C)C)cc1. The first-order valence-corrected chi connectivity index (χ1v) is 4.87. The molecule has 0 atom stereocenters. The largest absolute Gasteiger partial charge is 0.453 e. The lowest BCUT2D eigenvalue weighted by Gasteiger charge is -2.01. The molecule has 0 heterocycles. The molecule has 0 aromatic heterocycles. The van der Waals surface area contributed by atoms with E-state index >= 15 is 0 Å². The van der Waals surface area contributed by atoms with Gasteiger partial charge in [-0.25, -0.2) is 4.79 Å². The molecule has 0 amide bonds. The van der Waals surface area contributed by atoms with Crippen LogP contribution in [0.15, 0.2) is 24.3 Å². The van der Waals surface area contributed by atoms with E-state index < -0.39 is 5.97 Å². The predicted octanol–water partition coefficient (Wildman–Crippen LogP) is 2.30. The van der Waals surface area contributed by atoms with Gasteiger partial charge in [-0.2, -0.15) is 0 Å². The van der Waals surface area contributed by atoms with Gasteiger partial charge in [-0.1, -0.05) is 23.6 Å². The number of carbonyl (C=O) groups excluding carboxylic acids is 1. The van der Waals surface area contributed by atoms with Crippen molar-refractivity contribution in [1.29, 1.82) is 0 Å². The van der Waals surface area contributed by atoms with Crippen molar-refractivity contribution >= 4 is 5.97 Å². The summed E-state index contributed by atoms with van der Waals surface area (Å²) < 4.78 is 4.88. The molecule has 1 aromatic carbocycles. The predicted molar refractivity (Wildman–Crippen MR) is 59.3 cm³/mol. The van der Waals surface area contributed by atoms with E-state index in [4.69, 9.17) is 4.74 Å². The summed E-state index contributed by atoms with van der Waals surface area (Å²) in [7, 11) is 0. The van der Waals surface area contributed by atoms with Gasteiger partial charge in [-0.15, -0.1) is 0 Å². The van der Waals surface area contributed by atoms with Crippen molar-refractivity contribution in [2.45, 2.75) is 26.9 Å². The number of carbonyl (C=O) groups is 1. The number of ether oxygens (including phenoxy) is 1. The van der Waals surface area contributed by atoms with Gasteiger partial charge in [0.15, 0.2) is 0 Å². The lowest BCUT2D eigenvalue weighted by molar-refractivity contribution is -0.140. The zero-order valence-electron chi connectivity index (χ0n) is 9.20. The van der Waals surface area contributed by atoms with Gasteiger partial charge in [-0.05, 0) is 32.9 Å². The van der Waals surface area contributed by atoms with Crippen LogP contribution >= 0.6 is 0 Å². The number of hydrogen-bond donors (Lipinski definition) is 0. The molecule has 2 heteroatoms. The molecule has 1 rings (SSSR count). The second-order valence-corrected chi connectivity index (χ2v) is 3.57. The number of hydrogen-bond acceptors (Lipinski definition) is 2. The highest BCUT2D eigenvalue weighted by atomic mass is 16.5. The molecule has 0 bridgehead atoms. The Kier molecular flexibility index (Phi) is 3.93. The minimum atomic E-state index is -0.481. The molecule has 0 aliphatic carbocycles. The second kappa shape index (κ2) is 5.21. The summed E-state index contributed by atoms with van der Waals surface area (Å²) in [6.45, 7) is 5.60. The molecule has 0 fully saturated rings. The third kappa shape index (κ3) is 4.33. The summed E-state index contributed by atoms with van der Waals surface area (Å²) in [5.74, 6) is 4.71. The number of esters is 1. The number of aryl methyl sites for hydroxylation is 1. The fourth-order valence-corrected chi connectivity index (χ4v) is 1.00. The molecule has 0 saturated heterocycles. The fraction of sp³-hybridized carbons (Fsp3) is 0.308. The summed E-state index contributed by atoms with van der Waals surface area (Å²) >= 11 is 0. The number of rotatable bonds is 1. The van der Waals surface area contributed by atoms with Crippen LogP contribution in [0.25, 0.3) is 0 Å². The maximum atomic E-state index is 11.1.